The van der Waals surface area contributed by atoms with E-state index in [1.54, 1.807) is 0 Å². The zero-order valence-corrected chi connectivity index (χ0v) is 21.8. The van der Waals surface area contributed by atoms with Crippen LogP contribution in [0.5, 0.6) is 0 Å². The summed E-state index contributed by atoms with van der Waals surface area (Å²) in [6, 6.07) is 47.3. The normalized spacial score (nSPS) is 11.7. The lowest BCUT2D eigenvalue weighted by Gasteiger charge is -2.14. The van der Waals surface area contributed by atoms with Gasteiger partial charge < -0.3 is 9.88 Å². The highest BCUT2D eigenvalue weighted by molar-refractivity contribution is 6.34. The molecule has 39 heavy (non-hydrogen) atoms. The Morgan fingerprint density at radius 3 is 1.95 bits per heavy atom. The molecular formula is C36H23ClN2. The topological polar surface area (TPSA) is 17.0 Å². The van der Waals surface area contributed by atoms with Crippen molar-refractivity contribution in [3.63, 3.8) is 0 Å². The SMILES string of the molecule is Clc1ccccc1Nc1cc2c(c3ccccc13)c1c3ccccc3ccc1n2-c1ccc2ccccc2c1. The summed E-state index contributed by atoms with van der Waals surface area (Å²) in [6.07, 6.45) is 0. The highest BCUT2D eigenvalue weighted by atomic mass is 35.5. The summed E-state index contributed by atoms with van der Waals surface area (Å²) in [5, 5.41) is 14.2. The number of hydrogen-bond acceptors (Lipinski definition) is 1. The van der Waals surface area contributed by atoms with Crippen molar-refractivity contribution >= 4 is 77.1 Å². The third kappa shape index (κ3) is 3.42. The van der Waals surface area contributed by atoms with Crippen molar-refractivity contribution in [2.24, 2.45) is 0 Å². The van der Waals surface area contributed by atoms with Gasteiger partial charge in [-0.3, -0.25) is 0 Å². The average Bonchev–Trinajstić information content (AvgIpc) is 3.33. The number of fused-ring (bicyclic) bond motifs is 8. The molecule has 0 radical (unpaired) electrons. The summed E-state index contributed by atoms with van der Waals surface area (Å²) in [7, 11) is 0. The summed E-state index contributed by atoms with van der Waals surface area (Å²) in [5.41, 5.74) is 5.41. The molecule has 1 aromatic heterocycles. The number of nitrogens with one attached hydrogen (secondary N) is 1. The molecule has 0 unspecified atom stereocenters. The molecule has 0 fully saturated rings. The van der Waals surface area contributed by atoms with Crippen molar-refractivity contribution < 1.29 is 0 Å². The molecule has 184 valence electrons. The van der Waals surface area contributed by atoms with Gasteiger partial charge in [-0.25, -0.2) is 0 Å². The van der Waals surface area contributed by atoms with E-state index in [2.05, 4.69) is 119 Å². The molecule has 2 nitrogen and oxygen atoms in total. The second-order valence-electron chi connectivity index (χ2n) is 10.0. The number of para-hydroxylation sites is 1. The van der Waals surface area contributed by atoms with E-state index >= 15 is 0 Å². The van der Waals surface area contributed by atoms with Gasteiger partial charge in [-0.05, 0) is 63.3 Å². The van der Waals surface area contributed by atoms with Crippen molar-refractivity contribution in [3.05, 3.63) is 138 Å². The van der Waals surface area contributed by atoms with Gasteiger partial charge in [-0.2, -0.15) is 0 Å². The minimum atomic E-state index is 0.697. The van der Waals surface area contributed by atoms with Crippen LogP contribution in [0.25, 0.3) is 59.8 Å². The molecule has 0 aliphatic rings. The van der Waals surface area contributed by atoms with Gasteiger partial charge in [0.1, 0.15) is 0 Å². The molecule has 8 aromatic rings. The summed E-state index contributed by atoms with van der Waals surface area (Å²) >= 11 is 6.59. The zero-order chi connectivity index (χ0) is 25.9. The maximum atomic E-state index is 6.59. The molecule has 0 atom stereocenters. The van der Waals surface area contributed by atoms with Crippen molar-refractivity contribution in [2.45, 2.75) is 0 Å². The third-order valence-corrected chi connectivity index (χ3v) is 8.13. The van der Waals surface area contributed by atoms with Gasteiger partial charge in [-0.1, -0.05) is 109 Å². The first-order chi connectivity index (χ1) is 19.3. The molecule has 0 amide bonds. The van der Waals surface area contributed by atoms with Crippen LogP contribution in [-0.2, 0) is 0 Å². The lowest BCUT2D eigenvalue weighted by Crippen LogP contribution is -1.96. The third-order valence-electron chi connectivity index (χ3n) is 7.80. The van der Waals surface area contributed by atoms with Crippen LogP contribution < -0.4 is 5.32 Å². The standard InChI is InChI=1S/C36H23ClN2/c37-30-15-7-8-16-31(30)38-32-22-34-36(29-14-6-5-13-28(29)32)35-27-12-4-3-10-24(27)18-20-33(35)39(34)26-19-17-23-9-1-2-11-25(23)21-26/h1-22,38H. The van der Waals surface area contributed by atoms with Crippen LogP contribution in [0.3, 0.4) is 0 Å². The van der Waals surface area contributed by atoms with Gasteiger partial charge in [0.2, 0.25) is 0 Å². The van der Waals surface area contributed by atoms with E-state index in [4.69, 9.17) is 11.6 Å². The van der Waals surface area contributed by atoms with Gasteiger partial charge in [0, 0.05) is 27.5 Å². The molecule has 3 heteroatoms. The fourth-order valence-electron chi connectivity index (χ4n) is 6.04. The molecule has 0 aliphatic carbocycles. The van der Waals surface area contributed by atoms with Crippen LogP contribution in [0.15, 0.2) is 133 Å². The Labute approximate surface area is 230 Å². The molecule has 0 bridgehead atoms. The number of anilines is 2. The molecule has 8 rings (SSSR count). The van der Waals surface area contributed by atoms with E-state index in [9.17, 15) is 0 Å². The Morgan fingerprint density at radius 1 is 0.462 bits per heavy atom. The molecule has 0 spiro atoms. The summed E-state index contributed by atoms with van der Waals surface area (Å²) in [4.78, 5) is 0. The Balaban J connectivity index is 1.55. The Morgan fingerprint density at radius 2 is 1.10 bits per heavy atom. The fraction of sp³-hybridized carbons (Fsp3) is 0. The number of rotatable bonds is 3. The zero-order valence-electron chi connectivity index (χ0n) is 21.0. The molecule has 0 aliphatic heterocycles. The highest BCUT2D eigenvalue weighted by Gasteiger charge is 2.19. The van der Waals surface area contributed by atoms with Crippen molar-refractivity contribution in [1.29, 1.82) is 0 Å². The lowest BCUT2D eigenvalue weighted by molar-refractivity contribution is 1.19. The van der Waals surface area contributed by atoms with Gasteiger partial charge in [0.25, 0.3) is 0 Å². The van der Waals surface area contributed by atoms with Crippen LogP contribution in [0, 0.1) is 0 Å². The molecule has 1 heterocycles. The molecule has 0 saturated heterocycles. The second kappa shape index (κ2) is 8.62. The van der Waals surface area contributed by atoms with Crippen LogP contribution in [-0.4, -0.2) is 4.57 Å². The minimum absolute atomic E-state index is 0.697. The van der Waals surface area contributed by atoms with Gasteiger partial charge >= 0.3 is 0 Å². The quantitative estimate of drug-likeness (QED) is 0.246. The highest BCUT2D eigenvalue weighted by Crippen LogP contribution is 2.43. The maximum Gasteiger partial charge on any atom is 0.0640 e. The van der Waals surface area contributed by atoms with E-state index in [0.717, 1.165) is 28.0 Å². The van der Waals surface area contributed by atoms with Crippen molar-refractivity contribution in [1.82, 2.24) is 4.57 Å². The van der Waals surface area contributed by atoms with Crippen LogP contribution in [0.2, 0.25) is 5.02 Å². The first-order valence-corrected chi connectivity index (χ1v) is 13.5. The number of halogens is 1. The van der Waals surface area contributed by atoms with Gasteiger partial charge in [-0.15, -0.1) is 0 Å². The summed E-state index contributed by atoms with van der Waals surface area (Å²) in [6.45, 7) is 0. The van der Waals surface area contributed by atoms with Crippen LogP contribution in [0.4, 0.5) is 11.4 Å². The lowest BCUT2D eigenvalue weighted by atomic mass is 9.98. The molecule has 7 aromatic carbocycles. The van der Waals surface area contributed by atoms with Gasteiger partial charge in [0.05, 0.1) is 21.7 Å². The fourth-order valence-corrected chi connectivity index (χ4v) is 6.23. The van der Waals surface area contributed by atoms with Gasteiger partial charge in [0.15, 0.2) is 0 Å². The Hall–Kier alpha value is -4.79. The first-order valence-electron chi connectivity index (χ1n) is 13.1. The number of benzene rings is 7. The van der Waals surface area contributed by atoms with E-state index in [1.807, 2.05) is 24.3 Å². The number of hydrogen-bond donors (Lipinski definition) is 1. The van der Waals surface area contributed by atoms with E-state index in [-0.39, 0.29) is 0 Å². The van der Waals surface area contributed by atoms with E-state index in [0.29, 0.717) is 5.02 Å². The van der Waals surface area contributed by atoms with Crippen LogP contribution >= 0.6 is 11.6 Å². The summed E-state index contributed by atoms with van der Waals surface area (Å²) < 4.78 is 2.41. The maximum absolute atomic E-state index is 6.59. The summed E-state index contributed by atoms with van der Waals surface area (Å²) in [5.74, 6) is 0. The first kappa shape index (κ1) is 22.2. The van der Waals surface area contributed by atoms with Crippen LogP contribution in [0.1, 0.15) is 0 Å². The average molecular weight is 519 g/mol. The number of nitrogens with zero attached hydrogens (tertiary/aromatic N) is 1. The largest absolute Gasteiger partial charge is 0.354 e. The number of aromatic nitrogens is 1. The Bertz CT molecular complexity index is 2220. The molecule has 1 N–H and O–H groups in total. The Kier molecular flexibility index (Phi) is 4.91. The smallest absolute Gasteiger partial charge is 0.0640 e. The molecule has 0 saturated carbocycles. The monoisotopic (exact) mass is 518 g/mol. The van der Waals surface area contributed by atoms with E-state index in [1.165, 1.54) is 43.2 Å². The van der Waals surface area contributed by atoms with Crippen molar-refractivity contribution in [2.75, 3.05) is 5.32 Å². The second-order valence-corrected chi connectivity index (χ2v) is 10.4. The predicted molar refractivity (Wildman–Crippen MR) is 168 cm³/mol. The predicted octanol–water partition coefficient (Wildman–Crippen LogP) is 10.6. The molecular weight excluding hydrogens is 496 g/mol. The van der Waals surface area contributed by atoms with Crippen molar-refractivity contribution in [3.8, 4) is 5.69 Å². The van der Waals surface area contributed by atoms with E-state index < -0.39 is 0 Å². The minimum Gasteiger partial charge on any atom is -0.354 e.